The fourth-order valence-electron chi connectivity index (χ4n) is 2.87. The molecule has 0 saturated heterocycles. The largest absolute Gasteiger partial charge is 0.351 e. The average Bonchev–Trinajstić information content (AvgIpc) is 2.73. The molecule has 4 nitrogen and oxygen atoms in total. The molecule has 0 aliphatic rings. The number of carbonyl (C=O) groups is 2. The van der Waals surface area contributed by atoms with Crippen LogP contribution in [0.5, 0.6) is 0 Å². The van der Waals surface area contributed by atoms with E-state index in [-0.39, 0.29) is 17.7 Å². The third-order valence-electron chi connectivity index (χ3n) is 4.48. The molecule has 0 aliphatic heterocycles. The molecule has 0 spiro atoms. The maximum Gasteiger partial charge on any atom is 0.256 e. The van der Waals surface area contributed by atoms with Gasteiger partial charge in [0.2, 0.25) is 0 Å². The lowest BCUT2D eigenvalue weighted by atomic mass is 10.0. The van der Waals surface area contributed by atoms with Gasteiger partial charge in [0.1, 0.15) is 0 Å². The highest BCUT2D eigenvalue weighted by molar-refractivity contribution is 9.10. The summed E-state index contributed by atoms with van der Waals surface area (Å²) in [6.45, 7) is 2.57. The molecule has 0 aromatic heterocycles. The molecule has 1 unspecified atom stereocenters. The zero-order chi connectivity index (χ0) is 19.9. The van der Waals surface area contributed by atoms with Crippen molar-refractivity contribution in [1.82, 2.24) is 5.32 Å². The van der Waals surface area contributed by atoms with E-state index in [1.54, 1.807) is 42.5 Å². The van der Waals surface area contributed by atoms with Crippen LogP contribution in [0.2, 0.25) is 0 Å². The fraction of sp³-hybridized carbons (Fsp3) is 0.130. The summed E-state index contributed by atoms with van der Waals surface area (Å²) >= 11 is 3.38. The summed E-state index contributed by atoms with van der Waals surface area (Å²) in [5.41, 5.74) is 2.59. The predicted molar refractivity (Wildman–Crippen MR) is 116 cm³/mol. The van der Waals surface area contributed by atoms with Crippen molar-refractivity contribution in [2.24, 2.45) is 0 Å². The average molecular weight is 437 g/mol. The van der Waals surface area contributed by atoms with Gasteiger partial charge in [-0.3, -0.25) is 9.59 Å². The quantitative estimate of drug-likeness (QED) is 0.555. The topological polar surface area (TPSA) is 58.2 Å². The summed E-state index contributed by atoms with van der Waals surface area (Å²) < 4.78 is 0.700. The summed E-state index contributed by atoms with van der Waals surface area (Å²) in [4.78, 5) is 25.3. The van der Waals surface area contributed by atoms with E-state index in [1.165, 1.54) is 5.56 Å². The van der Waals surface area contributed by atoms with Crippen LogP contribution in [0.15, 0.2) is 83.3 Å². The number of anilines is 1. The summed E-state index contributed by atoms with van der Waals surface area (Å²) in [5, 5.41) is 5.80. The minimum absolute atomic E-state index is 0.187. The van der Waals surface area contributed by atoms with Crippen LogP contribution in [0.1, 0.15) is 39.1 Å². The van der Waals surface area contributed by atoms with Gasteiger partial charge in [-0.1, -0.05) is 61.5 Å². The molecule has 3 aromatic rings. The molecular formula is C23H21BrN2O2. The molecule has 1 atom stereocenters. The smallest absolute Gasteiger partial charge is 0.256 e. The number of hydrogen-bond acceptors (Lipinski definition) is 2. The van der Waals surface area contributed by atoms with Crippen LogP contribution in [0.4, 0.5) is 5.69 Å². The summed E-state index contributed by atoms with van der Waals surface area (Å²) in [6.07, 6.45) is 0. The second kappa shape index (κ2) is 9.33. The minimum atomic E-state index is -0.273. The summed E-state index contributed by atoms with van der Waals surface area (Å²) in [7, 11) is 0. The van der Waals surface area contributed by atoms with Crippen molar-refractivity contribution in [2.75, 3.05) is 11.9 Å². The van der Waals surface area contributed by atoms with Gasteiger partial charge < -0.3 is 10.6 Å². The Hall–Kier alpha value is -2.92. The van der Waals surface area contributed by atoms with Gasteiger partial charge in [-0.05, 0) is 51.7 Å². The van der Waals surface area contributed by atoms with Crippen molar-refractivity contribution < 1.29 is 9.59 Å². The summed E-state index contributed by atoms with van der Waals surface area (Å²) in [6, 6.07) is 24.2. The molecule has 0 radical (unpaired) electrons. The lowest BCUT2D eigenvalue weighted by Crippen LogP contribution is -2.28. The second-order valence-electron chi connectivity index (χ2n) is 6.50. The van der Waals surface area contributed by atoms with Crippen molar-refractivity contribution in [3.05, 3.63) is 100 Å². The molecule has 2 N–H and O–H groups in total. The van der Waals surface area contributed by atoms with Crippen molar-refractivity contribution in [3.63, 3.8) is 0 Å². The number of para-hydroxylation sites is 1. The molecule has 3 rings (SSSR count). The van der Waals surface area contributed by atoms with Gasteiger partial charge in [0.15, 0.2) is 0 Å². The van der Waals surface area contributed by atoms with Crippen LogP contribution in [0, 0.1) is 0 Å². The fourth-order valence-corrected chi connectivity index (χ4v) is 3.33. The first-order chi connectivity index (χ1) is 13.6. The first-order valence-corrected chi connectivity index (χ1v) is 9.83. The van der Waals surface area contributed by atoms with Crippen LogP contribution in [-0.4, -0.2) is 18.4 Å². The Morgan fingerprint density at radius 3 is 2.14 bits per heavy atom. The number of rotatable bonds is 6. The molecule has 2 amide bonds. The van der Waals surface area contributed by atoms with E-state index in [2.05, 4.69) is 33.5 Å². The molecule has 0 saturated carbocycles. The standard InChI is InChI=1S/C23H21BrN2O2/c1-16(17-9-3-2-4-10-17)15-25-22(27)19-12-6-8-14-21(19)26-23(28)18-11-5-7-13-20(18)24/h2-14,16H,15H2,1H3,(H,25,27)(H,26,28). The van der Waals surface area contributed by atoms with Crippen LogP contribution >= 0.6 is 15.9 Å². The number of hydrogen-bond donors (Lipinski definition) is 2. The van der Waals surface area contributed by atoms with Crippen LogP contribution in [0.3, 0.4) is 0 Å². The van der Waals surface area contributed by atoms with Crippen LogP contribution < -0.4 is 10.6 Å². The second-order valence-corrected chi connectivity index (χ2v) is 7.36. The van der Waals surface area contributed by atoms with Gasteiger partial charge in [-0.25, -0.2) is 0 Å². The Morgan fingerprint density at radius 1 is 0.821 bits per heavy atom. The Kier molecular flexibility index (Phi) is 6.61. The van der Waals surface area contributed by atoms with Crippen LogP contribution in [0.25, 0.3) is 0 Å². The van der Waals surface area contributed by atoms with Gasteiger partial charge in [-0.2, -0.15) is 0 Å². The minimum Gasteiger partial charge on any atom is -0.351 e. The SMILES string of the molecule is CC(CNC(=O)c1ccccc1NC(=O)c1ccccc1Br)c1ccccc1. The van der Waals surface area contributed by atoms with Gasteiger partial charge in [0.25, 0.3) is 11.8 Å². The maximum atomic E-state index is 12.7. The molecule has 0 bridgehead atoms. The molecule has 3 aromatic carbocycles. The van der Waals surface area contributed by atoms with E-state index in [9.17, 15) is 9.59 Å². The molecule has 0 aliphatic carbocycles. The van der Waals surface area contributed by atoms with Crippen molar-refractivity contribution in [1.29, 1.82) is 0 Å². The van der Waals surface area contributed by atoms with Crippen LogP contribution in [-0.2, 0) is 0 Å². The summed E-state index contributed by atoms with van der Waals surface area (Å²) in [5.74, 6) is -0.302. The molecule has 0 fully saturated rings. The van der Waals surface area contributed by atoms with Crippen molar-refractivity contribution >= 4 is 33.4 Å². The van der Waals surface area contributed by atoms with Gasteiger partial charge in [0.05, 0.1) is 16.8 Å². The van der Waals surface area contributed by atoms with E-state index in [0.29, 0.717) is 27.8 Å². The van der Waals surface area contributed by atoms with Crippen molar-refractivity contribution in [2.45, 2.75) is 12.8 Å². The Labute approximate surface area is 173 Å². The monoisotopic (exact) mass is 436 g/mol. The number of carbonyl (C=O) groups excluding carboxylic acids is 2. The molecule has 142 valence electrons. The third-order valence-corrected chi connectivity index (χ3v) is 5.17. The molecule has 0 heterocycles. The van der Waals surface area contributed by atoms with Gasteiger partial charge >= 0.3 is 0 Å². The highest BCUT2D eigenvalue weighted by Gasteiger charge is 2.16. The number of halogens is 1. The third kappa shape index (κ3) is 4.87. The first-order valence-electron chi connectivity index (χ1n) is 9.04. The van der Waals surface area contributed by atoms with Crippen molar-refractivity contribution in [3.8, 4) is 0 Å². The predicted octanol–water partition coefficient (Wildman–Crippen LogP) is 5.23. The highest BCUT2D eigenvalue weighted by Crippen LogP contribution is 2.21. The Morgan fingerprint density at radius 2 is 1.43 bits per heavy atom. The van der Waals surface area contributed by atoms with E-state index in [1.807, 2.05) is 36.4 Å². The molecule has 5 heteroatoms. The number of amides is 2. The normalized spacial score (nSPS) is 11.5. The zero-order valence-corrected chi connectivity index (χ0v) is 17.1. The van der Waals surface area contributed by atoms with E-state index >= 15 is 0 Å². The van der Waals surface area contributed by atoms with E-state index in [0.717, 1.165) is 0 Å². The Balaban J connectivity index is 1.70. The Bertz CT molecular complexity index is 973. The first kappa shape index (κ1) is 19.8. The zero-order valence-electron chi connectivity index (χ0n) is 15.5. The lowest BCUT2D eigenvalue weighted by Gasteiger charge is -2.15. The molecular weight excluding hydrogens is 416 g/mol. The van der Waals surface area contributed by atoms with Gasteiger partial charge in [-0.15, -0.1) is 0 Å². The number of benzene rings is 3. The lowest BCUT2D eigenvalue weighted by molar-refractivity contribution is 0.0952. The number of nitrogens with one attached hydrogen (secondary N) is 2. The van der Waals surface area contributed by atoms with Gasteiger partial charge in [0, 0.05) is 11.0 Å². The van der Waals surface area contributed by atoms with E-state index in [4.69, 9.17) is 0 Å². The van der Waals surface area contributed by atoms with E-state index < -0.39 is 0 Å². The maximum absolute atomic E-state index is 12.7. The molecule has 28 heavy (non-hydrogen) atoms. The highest BCUT2D eigenvalue weighted by atomic mass is 79.9.